The Labute approximate surface area is 158 Å². The summed E-state index contributed by atoms with van der Waals surface area (Å²) in [6, 6.07) is 12.0. The molecule has 0 radical (unpaired) electrons. The van der Waals surface area contributed by atoms with Gasteiger partial charge in [-0.3, -0.25) is 10.1 Å². The van der Waals surface area contributed by atoms with Crippen molar-refractivity contribution < 1.29 is 22.1 Å². The quantitative estimate of drug-likeness (QED) is 0.456. The Morgan fingerprint density at radius 3 is 2.54 bits per heavy atom. The van der Waals surface area contributed by atoms with Crippen molar-refractivity contribution in [2.45, 2.75) is 17.2 Å². The number of sulfone groups is 1. The first-order valence-corrected chi connectivity index (χ1v) is 9.47. The largest absolute Gasteiger partial charge is 0.372 e. The zero-order valence-corrected chi connectivity index (χ0v) is 15.0. The van der Waals surface area contributed by atoms with E-state index in [-0.39, 0.29) is 12.2 Å². The molecule has 0 aliphatic carbocycles. The molecule has 0 atom stereocenters. The van der Waals surface area contributed by atoms with Crippen molar-refractivity contribution in [2.75, 3.05) is 5.32 Å². The molecule has 1 heterocycles. The smallest absolute Gasteiger partial charge is 0.341 e. The molecule has 0 amide bonds. The summed E-state index contributed by atoms with van der Waals surface area (Å²) in [4.78, 5) is 16.8. The van der Waals surface area contributed by atoms with Crippen LogP contribution in [-0.4, -0.2) is 29.1 Å². The van der Waals surface area contributed by atoms with E-state index < -0.39 is 31.1 Å². The molecule has 0 aliphatic heterocycles. The predicted molar refractivity (Wildman–Crippen MR) is 97.6 cm³/mol. The second kappa shape index (κ2) is 7.72. The lowest BCUT2D eigenvalue weighted by atomic mass is 10.2. The van der Waals surface area contributed by atoms with Crippen LogP contribution in [0, 0.1) is 10.1 Å². The number of nitrogens with zero attached hydrogens (tertiary/aromatic N) is 2. The maximum absolute atomic E-state index is 12.7. The van der Waals surface area contributed by atoms with Gasteiger partial charge in [0.1, 0.15) is 11.5 Å². The van der Waals surface area contributed by atoms with Crippen molar-refractivity contribution in [2.24, 2.45) is 0 Å². The number of anilines is 1. The Morgan fingerprint density at radius 1 is 1.18 bits per heavy atom. The number of nitro groups is 1. The van der Waals surface area contributed by atoms with Crippen LogP contribution in [0.4, 0.5) is 20.2 Å². The average molecular weight is 408 g/mol. The van der Waals surface area contributed by atoms with Crippen molar-refractivity contribution in [1.29, 1.82) is 0 Å². The van der Waals surface area contributed by atoms with E-state index in [1.165, 1.54) is 0 Å². The van der Waals surface area contributed by atoms with Gasteiger partial charge in [-0.05, 0) is 17.7 Å². The third-order valence-electron chi connectivity index (χ3n) is 3.89. The molecular formula is C17H14F2N4O4S. The van der Waals surface area contributed by atoms with Crippen LogP contribution in [0.1, 0.15) is 5.82 Å². The summed E-state index contributed by atoms with van der Waals surface area (Å²) in [6.45, 7) is 0.0780. The first-order valence-electron chi connectivity index (χ1n) is 7.92. The van der Waals surface area contributed by atoms with E-state index in [0.717, 1.165) is 23.4 Å². The minimum atomic E-state index is -4.93. The number of nitro benzene ring substituents is 1. The molecular weight excluding hydrogens is 394 g/mol. The van der Waals surface area contributed by atoms with Crippen molar-refractivity contribution in [3.8, 4) is 11.3 Å². The zero-order chi connectivity index (χ0) is 20.3. The molecule has 3 aromatic rings. The Kier molecular flexibility index (Phi) is 5.36. The van der Waals surface area contributed by atoms with Gasteiger partial charge in [0.2, 0.25) is 9.84 Å². The molecule has 146 valence electrons. The van der Waals surface area contributed by atoms with E-state index in [0.29, 0.717) is 11.9 Å². The molecule has 2 N–H and O–H groups in total. The lowest BCUT2D eigenvalue weighted by molar-refractivity contribution is -0.384. The number of halogens is 2. The van der Waals surface area contributed by atoms with Gasteiger partial charge in [-0.15, -0.1) is 0 Å². The maximum Gasteiger partial charge on any atom is 0.341 e. The van der Waals surface area contributed by atoms with Crippen LogP contribution in [-0.2, 0) is 16.4 Å². The summed E-state index contributed by atoms with van der Waals surface area (Å²) < 4.78 is 48.4. The van der Waals surface area contributed by atoms with E-state index in [9.17, 15) is 27.3 Å². The Balaban J connectivity index is 1.81. The van der Waals surface area contributed by atoms with Gasteiger partial charge in [0.05, 0.1) is 28.3 Å². The minimum Gasteiger partial charge on any atom is -0.372 e. The topological polar surface area (TPSA) is 118 Å². The standard InChI is InChI=1S/C17H14F2N4O4S/c18-17(19)28(26,27)12-6-7-13(15(8-12)23(24)25)20-10-16-21-9-14(22-16)11-4-2-1-3-5-11/h1-9,17,20H,10H2,(H,21,22). The fraction of sp³-hybridized carbons (Fsp3) is 0.118. The molecule has 2 aromatic carbocycles. The normalized spacial score (nSPS) is 11.5. The van der Waals surface area contributed by atoms with E-state index in [1.807, 2.05) is 30.3 Å². The number of hydrogen-bond acceptors (Lipinski definition) is 6. The van der Waals surface area contributed by atoms with Crippen LogP contribution in [0.3, 0.4) is 0 Å². The molecule has 0 spiro atoms. The SMILES string of the molecule is O=[N+]([O-])c1cc(S(=O)(=O)C(F)F)ccc1NCc1ncc(-c2ccccc2)[nH]1. The molecule has 28 heavy (non-hydrogen) atoms. The molecule has 0 saturated carbocycles. The van der Waals surface area contributed by atoms with Crippen molar-refractivity contribution in [3.05, 3.63) is 70.7 Å². The van der Waals surface area contributed by atoms with Gasteiger partial charge in [0.15, 0.2) is 0 Å². The molecule has 0 fully saturated rings. The van der Waals surface area contributed by atoms with Crippen LogP contribution in [0.25, 0.3) is 11.3 Å². The number of alkyl halides is 2. The fourth-order valence-corrected chi connectivity index (χ4v) is 3.23. The summed E-state index contributed by atoms with van der Waals surface area (Å²) in [6.07, 6.45) is 1.61. The Morgan fingerprint density at radius 2 is 1.89 bits per heavy atom. The third kappa shape index (κ3) is 3.98. The molecule has 0 saturated heterocycles. The number of aromatic amines is 1. The summed E-state index contributed by atoms with van der Waals surface area (Å²) in [7, 11) is -4.93. The second-order valence-corrected chi connectivity index (χ2v) is 7.62. The van der Waals surface area contributed by atoms with Gasteiger partial charge in [0.25, 0.3) is 5.69 Å². The van der Waals surface area contributed by atoms with E-state index in [2.05, 4.69) is 15.3 Å². The Hall–Kier alpha value is -3.34. The van der Waals surface area contributed by atoms with Crippen LogP contribution < -0.4 is 5.32 Å². The zero-order valence-electron chi connectivity index (χ0n) is 14.2. The number of rotatable bonds is 7. The third-order valence-corrected chi connectivity index (χ3v) is 5.27. The fourth-order valence-electron chi connectivity index (χ4n) is 2.49. The minimum absolute atomic E-state index is 0.0177. The maximum atomic E-state index is 12.7. The van der Waals surface area contributed by atoms with Gasteiger partial charge >= 0.3 is 5.76 Å². The van der Waals surface area contributed by atoms with Crippen LogP contribution >= 0.6 is 0 Å². The predicted octanol–water partition coefficient (Wildman–Crippen LogP) is 3.59. The van der Waals surface area contributed by atoms with E-state index >= 15 is 0 Å². The number of H-pyrrole nitrogens is 1. The van der Waals surface area contributed by atoms with E-state index in [4.69, 9.17) is 0 Å². The first kappa shape index (κ1) is 19.4. The number of benzene rings is 2. The monoisotopic (exact) mass is 408 g/mol. The van der Waals surface area contributed by atoms with Gasteiger partial charge in [0, 0.05) is 6.07 Å². The van der Waals surface area contributed by atoms with Crippen LogP contribution in [0.2, 0.25) is 0 Å². The van der Waals surface area contributed by atoms with Crippen molar-refractivity contribution in [3.63, 3.8) is 0 Å². The molecule has 8 nitrogen and oxygen atoms in total. The van der Waals surface area contributed by atoms with Gasteiger partial charge in [-0.1, -0.05) is 30.3 Å². The van der Waals surface area contributed by atoms with Gasteiger partial charge in [-0.2, -0.15) is 8.78 Å². The van der Waals surface area contributed by atoms with Crippen LogP contribution in [0.15, 0.2) is 59.6 Å². The van der Waals surface area contributed by atoms with Crippen molar-refractivity contribution in [1.82, 2.24) is 9.97 Å². The molecule has 1 aromatic heterocycles. The highest BCUT2D eigenvalue weighted by atomic mass is 32.2. The number of hydrogen-bond donors (Lipinski definition) is 2. The highest BCUT2D eigenvalue weighted by Crippen LogP contribution is 2.30. The summed E-state index contributed by atoms with van der Waals surface area (Å²) in [5, 5.41) is 14.0. The highest BCUT2D eigenvalue weighted by Gasteiger charge is 2.29. The second-order valence-electron chi connectivity index (χ2n) is 5.70. The molecule has 0 bridgehead atoms. The number of imidazole rings is 1. The first-order chi connectivity index (χ1) is 13.3. The van der Waals surface area contributed by atoms with Gasteiger partial charge < -0.3 is 10.3 Å². The summed E-state index contributed by atoms with van der Waals surface area (Å²) in [5.41, 5.74) is 1.02. The lowest BCUT2D eigenvalue weighted by Gasteiger charge is -2.08. The Bertz CT molecular complexity index is 1100. The lowest BCUT2D eigenvalue weighted by Crippen LogP contribution is -2.12. The summed E-state index contributed by atoms with van der Waals surface area (Å²) in [5.74, 6) is -3.18. The summed E-state index contributed by atoms with van der Waals surface area (Å²) >= 11 is 0. The molecule has 0 unspecified atom stereocenters. The molecule has 3 rings (SSSR count). The molecule has 0 aliphatic rings. The molecule has 11 heteroatoms. The van der Waals surface area contributed by atoms with Crippen LogP contribution in [0.5, 0.6) is 0 Å². The van der Waals surface area contributed by atoms with E-state index in [1.54, 1.807) is 6.20 Å². The number of aromatic nitrogens is 2. The average Bonchev–Trinajstić information content (AvgIpc) is 3.15. The number of nitrogens with one attached hydrogen (secondary N) is 2. The highest BCUT2D eigenvalue weighted by molar-refractivity contribution is 7.91. The van der Waals surface area contributed by atoms with Crippen molar-refractivity contribution >= 4 is 21.2 Å². The van der Waals surface area contributed by atoms with Gasteiger partial charge in [-0.25, -0.2) is 13.4 Å².